The molecule has 0 bridgehead atoms. The molecular weight excluding hydrogens is 248 g/mol. The fourth-order valence-corrected chi connectivity index (χ4v) is 2.60. The van der Waals surface area contributed by atoms with Gasteiger partial charge in [-0.1, -0.05) is 20.8 Å². The molecule has 1 saturated heterocycles. The molecule has 1 N–H and O–H groups in total. The third kappa shape index (κ3) is 5.29. The summed E-state index contributed by atoms with van der Waals surface area (Å²) in [6.45, 7) is 8.24. The molecule has 0 radical (unpaired) electrons. The summed E-state index contributed by atoms with van der Waals surface area (Å²) in [5, 5.41) is 3.17. The predicted octanol–water partition coefficient (Wildman–Crippen LogP) is 1.50. The zero-order valence-electron chi connectivity index (χ0n) is 11.6. The highest BCUT2D eigenvalue weighted by Gasteiger charge is 2.18. The van der Waals surface area contributed by atoms with Gasteiger partial charge in [-0.3, -0.25) is 9.59 Å². The van der Waals surface area contributed by atoms with Gasteiger partial charge in [-0.15, -0.1) is 11.8 Å². The normalized spacial score (nSPS) is 17.0. The molecule has 0 aromatic rings. The van der Waals surface area contributed by atoms with Crippen LogP contribution in [0.4, 0.5) is 0 Å². The molecule has 0 aromatic heterocycles. The van der Waals surface area contributed by atoms with Crippen LogP contribution >= 0.6 is 11.8 Å². The molecular formula is C13H24N2O2S. The van der Waals surface area contributed by atoms with Crippen LogP contribution in [0.1, 0.15) is 33.6 Å². The predicted molar refractivity (Wildman–Crippen MR) is 75.6 cm³/mol. The van der Waals surface area contributed by atoms with Crippen molar-refractivity contribution in [2.75, 3.05) is 25.4 Å². The molecule has 0 aliphatic carbocycles. The number of likely N-dealkylation sites (tertiary alicyclic amines) is 1. The van der Waals surface area contributed by atoms with E-state index in [4.69, 9.17) is 0 Å². The fraction of sp³-hybridized carbons (Fsp3) is 0.846. The van der Waals surface area contributed by atoms with Crippen LogP contribution < -0.4 is 5.32 Å². The standard InChI is InChI=1S/C13H24N2O2S/c1-10(2)11(3)18-9-12(16)14-8-13(17)15-6-4-5-7-15/h10-11H,4-9H2,1-3H3,(H,14,16)/t11-/m1/s1. The van der Waals surface area contributed by atoms with Gasteiger partial charge in [0.25, 0.3) is 0 Å². The van der Waals surface area contributed by atoms with Gasteiger partial charge in [0.05, 0.1) is 12.3 Å². The van der Waals surface area contributed by atoms with Crippen molar-refractivity contribution in [1.29, 1.82) is 0 Å². The van der Waals surface area contributed by atoms with E-state index in [-0.39, 0.29) is 18.4 Å². The number of nitrogens with zero attached hydrogens (tertiary/aromatic N) is 1. The Balaban J connectivity index is 2.14. The van der Waals surface area contributed by atoms with Crippen LogP contribution in [-0.2, 0) is 9.59 Å². The minimum Gasteiger partial charge on any atom is -0.346 e. The van der Waals surface area contributed by atoms with Gasteiger partial charge in [0.1, 0.15) is 0 Å². The van der Waals surface area contributed by atoms with Crippen molar-refractivity contribution in [2.24, 2.45) is 5.92 Å². The third-order valence-electron chi connectivity index (χ3n) is 3.31. The second kappa shape index (κ2) is 7.67. The summed E-state index contributed by atoms with van der Waals surface area (Å²) >= 11 is 1.64. The molecule has 1 atom stereocenters. The summed E-state index contributed by atoms with van der Waals surface area (Å²) in [7, 11) is 0. The highest BCUT2D eigenvalue weighted by atomic mass is 32.2. The second-order valence-corrected chi connectivity index (χ2v) is 6.49. The van der Waals surface area contributed by atoms with Crippen LogP contribution in [0.3, 0.4) is 0 Å². The van der Waals surface area contributed by atoms with Crippen LogP contribution in [0.25, 0.3) is 0 Å². The SMILES string of the molecule is CC(C)[C@@H](C)SCC(=O)NCC(=O)N1CCCC1. The molecule has 18 heavy (non-hydrogen) atoms. The topological polar surface area (TPSA) is 49.4 Å². The Kier molecular flexibility index (Phi) is 6.54. The third-order valence-corrected chi connectivity index (χ3v) is 4.81. The molecule has 0 saturated carbocycles. The van der Waals surface area contributed by atoms with Gasteiger partial charge in [-0.25, -0.2) is 0 Å². The lowest BCUT2D eigenvalue weighted by atomic mass is 10.2. The van der Waals surface area contributed by atoms with E-state index in [1.54, 1.807) is 11.8 Å². The molecule has 0 unspecified atom stereocenters. The Morgan fingerprint density at radius 1 is 1.22 bits per heavy atom. The van der Waals surface area contributed by atoms with E-state index in [0.717, 1.165) is 25.9 Å². The zero-order chi connectivity index (χ0) is 13.5. The maximum Gasteiger partial charge on any atom is 0.241 e. The highest BCUT2D eigenvalue weighted by molar-refractivity contribution is 8.00. The highest BCUT2D eigenvalue weighted by Crippen LogP contribution is 2.17. The van der Waals surface area contributed by atoms with Crippen molar-refractivity contribution in [3.63, 3.8) is 0 Å². The smallest absolute Gasteiger partial charge is 0.241 e. The van der Waals surface area contributed by atoms with Gasteiger partial charge in [0.15, 0.2) is 0 Å². The number of hydrogen-bond acceptors (Lipinski definition) is 3. The molecule has 1 rings (SSSR count). The summed E-state index contributed by atoms with van der Waals surface area (Å²) in [6.07, 6.45) is 2.17. The number of thioether (sulfide) groups is 1. The van der Waals surface area contributed by atoms with E-state index < -0.39 is 0 Å². The molecule has 104 valence electrons. The lowest BCUT2D eigenvalue weighted by Crippen LogP contribution is -2.39. The van der Waals surface area contributed by atoms with Gasteiger partial charge in [0, 0.05) is 18.3 Å². The van der Waals surface area contributed by atoms with Gasteiger partial charge in [-0.2, -0.15) is 0 Å². The lowest BCUT2D eigenvalue weighted by molar-refractivity contribution is -0.131. The number of rotatable bonds is 6. The van der Waals surface area contributed by atoms with E-state index in [1.165, 1.54) is 0 Å². The maximum atomic E-state index is 11.7. The van der Waals surface area contributed by atoms with Gasteiger partial charge < -0.3 is 10.2 Å². The summed E-state index contributed by atoms with van der Waals surface area (Å²) in [4.78, 5) is 25.1. The Bertz CT molecular complexity index is 289. The van der Waals surface area contributed by atoms with Crippen molar-refractivity contribution in [3.8, 4) is 0 Å². The summed E-state index contributed by atoms with van der Waals surface area (Å²) in [6, 6.07) is 0. The fourth-order valence-electron chi connectivity index (χ4n) is 1.70. The van der Waals surface area contributed by atoms with E-state index in [2.05, 4.69) is 26.1 Å². The minimum atomic E-state index is -0.0416. The van der Waals surface area contributed by atoms with Crippen molar-refractivity contribution in [2.45, 2.75) is 38.9 Å². The van der Waals surface area contributed by atoms with Gasteiger partial charge >= 0.3 is 0 Å². The van der Waals surface area contributed by atoms with E-state index in [0.29, 0.717) is 16.9 Å². The Hall–Kier alpha value is -0.710. The first-order chi connectivity index (χ1) is 8.50. The average Bonchev–Trinajstić information content (AvgIpc) is 2.86. The molecule has 1 fully saturated rings. The average molecular weight is 272 g/mol. The van der Waals surface area contributed by atoms with Crippen LogP contribution in [0, 0.1) is 5.92 Å². The van der Waals surface area contributed by atoms with E-state index in [9.17, 15) is 9.59 Å². The van der Waals surface area contributed by atoms with Crippen LogP contribution in [-0.4, -0.2) is 47.4 Å². The maximum absolute atomic E-state index is 11.7. The number of hydrogen-bond donors (Lipinski definition) is 1. The molecule has 5 heteroatoms. The number of carbonyl (C=O) groups is 2. The molecule has 1 aliphatic heterocycles. The first-order valence-corrected chi connectivity index (χ1v) is 7.71. The van der Waals surface area contributed by atoms with Gasteiger partial charge in [-0.05, 0) is 18.8 Å². The van der Waals surface area contributed by atoms with E-state index >= 15 is 0 Å². The number of carbonyl (C=O) groups excluding carboxylic acids is 2. The van der Waals surface area contributed by atoms with E-state index in [1.807, 2.05) is 4.90 Å². The number of nitrogens with one attached hydrogen (secondary N) is 1. The quantitative estimate of drug-likeness (QED) is 0.797. The first-order valence-electron chi connectivity index (χ1n) is 6.66. The molecule has 0 spiro atoms. The minimum absolute atomic E-state index is 0.0416. The van der Waals surface area contributed by atoms with Crippen LogP contribution in [0.15, 0.2) is 0 Å². The van der Waals surface area contributed by atoms with Crippen molar-refractivity contribution < 1.29 is 9.59 Å². The van der Waals surface area contributed by atoms with Crippen LogP contribution in [0.5, 0.6) is 0 Å². The molecule has 1 heterocycles. The number of amides is 2. The Labute approximate surface area is 114 Å². The van der Waals surface area contributed by atoms with Gasteiger partial charge in [0.2, 0.25) is 11.8 Å². The van der Waals surface area contributed by atoms with Crippen molar-refractivity contribution in [1.82, 2.24) is 10.2 Å². The zero-order valence-corrected chi connectivity index (χ0v) is 12.4. The van der Waals surface area contributed by atoms with Crippen molar-refractivity contribution in [3.05, 3.63) is 0 Å². The molecule has 1 aliphatic rings. The largest absolute Gasteiger partial charge is 0.346 e. The van der Waals surface area contributed by atoms with Crippen molar-refractivity contribution >= 4 is 23.6 Å². The summed E-state index contributed by atoms with van der Waals surface area (Å²) in [5.41, 5.74) is 0. The Morgan fingerprint density at radius 3 is 2.39 bits per heavy atom. The second-order valence-electron chi connectivity index (χ2n) is 5.12. The van der Waals surface area contributed by atoms with Crippen LogP contribution in [0.2, 0.25) is 0 Å². The first kappa shape index (κ1) is 15.3. The molecule has 4 nitrogen and oxygen atoms in total. The summed E-state index contributed by atoms with van der Waals surface area (Å²) < 4.78 is 0. The summed E-state index contributed by atoms with van der Waals surface area (Å²) in [5.74, 6) is 1.00. The lowest BCUT2D eigenvalue weighted by Gasteiger charge is -2.16. The monoisotopic (exact) mass is 272 g/mol. The Morgan fingerprint density at radius 2 is 1.83 bits per heavy atom. The molecule has 2 amide bonds. The molecule has 0 aromatic carbocycles.